The predicted molar refractivity (Wildman–Crippen MR) is 110 cm³/mol. The van der Waals surface area contributed by atoms with Gasteiger partial charge in [-0.05, 0) is 28.0 Å². The number of fused-ring (bicyclic) bond motifs is 1. The van der Waals surface area contributed by atoms with E-state index in [1.54, 1.807) is 12.3 Å². The molecule has 1 amide bonds. The van der Waals surface area contributed by atoms with E-state index in [9.17, 15) is 9.59 Å². The van der Waals surface area contributed by atoms with Gasteiger partial charge >= 0.3 is 0 Å². The number of ketones is 1. The van der Waals surface area contributed by atoms with Crippen molar-refractivity contribution in [3.63, 3.8) is 0 Å². The first-order chi connectivity index (χ1) is 13.5. The Bertz CT molecular complexity index is 964. The molecule has 0 atom stereocenters. The Balaban J connectivity index is 1.70. The van der Waals surface area contributed by atoms with Crippen LogP contribution in [-0.2, 0) is 22.6 Å². The van der Waals surface area contributed by atoms with E-state index in [0.717, 1.165) is 21.9 Å². The molecule has 0 unspecified atom stereocenters. The van der Waals surface area contributed by atoms with Crippen LogP contribution in [0.2, 0.25) is 0 Å². The molecule has 0 bridgehead atoms. The Kier molecular flexibility index (Phi) is 6.34. The molecule has 3 rings (SSSR count). The fourth-order valence-electron chi connectivity index (χ4n) is 3.23. The summed E-state index contributed by atoms with van der Waals surface area (Å²) in [5.74, 6) is 0.144. The fraction of sp³-hybridized carbons (Fsp3) is 0.227. The Morgan fingerprint density at radius 1 is 1.00 bits per heavy atom. The van der Waals surface area contributed by atoms with Crippen LogP contribution in [0, 0.1) is 0 Å². The number of hydrogen-bond acceptors (Lipinski definition) is 5. The molecular weight excluding hydrogens is 352 g/mol. The van der Waals surface area contributed by atoms with Gasteiger partial charge in [0.05, 0.1) is 6.54 Å². The number of carbonyl (C=O) groups excluding carboxylic acids is 2. The lowest BCUT2D eigenvalue weighted by atomic mass is 10.0. The third kappa shape index (κ3) is 5.37. The zero-order valence-electron chi connectivity index (χ0n) is 15.7. The molecule has 3 aromatic rings. The van der Waals surface area contributed by atoms with Crippen molar-refractivity contribution in [1.82, 2.24) is 9.88 Å². The maximum Gasteiger partial charge on any atom is 0.218 e. The van der Waals surface area contributed by atoms with Gasteiger partial charge in [-0.2, -0.15) is 0 Å². The number of anilines is 1. The highest BCUT2D eigenvalue weighted by Gasteiger charge is 2.14. The second-order valence-electron chi connectivity index (χ2n) is 6.87. The van der Waals surface area contributed by atoms with Crippen molar-refractivity contribution in [2.45, 2.75) is 19.4 Å². The van der Waals surface area contributed by atoms with Crippen LogP contribution >= 0.6 is 0 Å². The van der Waals surface area contributed by atoms with E-state index in [4.69, 9.17) is 11.5 Å². The highest BCUT2D eigenvalue weighted by atomic mass is 16.1. The summed E-state index contributed by atoms with van der Waals surface area (Å²) in [6, 6.07) is 17.6. The summed E-state index contributed by atoms with van der Waals surface area (Å²) >= 11 is 0. The molecule has 2 aromatic carbocycles. The molecule has 144 valence electrons. The molecule has 0 spiro atoms. The summed E-state index contributed by atoms with van der Waals surface area (Å²) in [6.07, 6.45) is 2.22. The molecule has 28 heavy (non-hydrogen) atoms. The smallest absolute Gasteiger partial charge is 0.218 e. The van der Waals surface area contributed by atoms with Crippen LogP contribution < -0.4 is 11.5 Å². The number of amides is 1. The summed E-state index contributed by atoms with van der Waals surface area (Å²) in [5.41, 5.74) is 12.9. The molecular formula is C22H24N4O2. The summed E-state index contributed by atoms with van der Waals surface area (Å²) in [6.45, 7) is 1.16. The summed E-state index contributed by atoms with van der Waals surface area (Å²) in [5, 5.41) is 2.20. The van der Waals surface area contributed by atoms with Gasteiger partial charge in [-0.3, -0.25) is 14.5 Å². The van der Waals surface area contributed by atoms with Crippen molar-refractivity contribution in [2.75, 3.05) is 18.8 Å². The first kappa shape index (κ1) is 19.5. The predicted octanol–water partition coefficient (Wildman–Crippen LogP) is 2.31. The number of primary amides is 1. The lowest BCUT2D eigenvalue weighted by molar-refractivity contribution is -0.121. The molecule has 4 N–H and O–H groups in total. The monoisotopic (exact) mass is 376 g/mol. The van der Waals surface area contributed by atoms with E-state index in [0.29, 0.717) is 25.3 Å². The first-order valence-electron chi connectivity index (χ1n) is 9.20. The topological polar surface area (TPSA) is 102 Å². The van der Waals surface area contributed by atoms with Crippen molar-refractivity contribution in [2.24, 2.45) is 5.73 Å². The van der Waals surface area contributed by atoms with E-state index < -0.39 is 0 Å². The molecule has 1 heterocycles. The number of carbonyl (C=O) groups is 2. The molecule has 6 nitrogen and oxygen atoms in total. The average molecular weight is 376 g/mol. The fourth-order valence-corrected chi connectivity index (χ4v) is 3.23. The van der Waals surface area contributed by atoms with Crippen molar-refractivity contribution in [1.29, 1.82) is 0 Å². The number of Topliss-reactive ketones (excluding diaryl/α,β-unsaturated/α-hetero) is 1. The van der Waals surface area contributed by atoms with Crippen LogP contribution in [0.1, 0.15) is 17.5 Å². The molecule has 0 saturated carbocycles. The van der Waals surface area contributed by atoms with Gasteiger partial charge in [0.25, 0.3) is 0 Å². The molecule has 0 aliphatic rings. The number of benzene rings is 2. The van der Waals surface area contributed by atoms with Crippen LogP contribution in [-0.4, -0.2) is 34.7 Å². The minimum absolute atomic E-state index is 0.0872. The second kappa shape index (κ2) is 9.10. The molecule has 0 aliphatic carbocycles. The number of nitrogens with zero attached hydrogens (tertiary/aromatic N) is 2. The lowest BCUT2D eigenvalue weighted by Gasteiger charge is -2.21. The normalized spacial score (nSPS) is 11.0. The van der Waals surface area contributed by atoms with E-state index >= 15 is 0 Å². The van der Waals surface area contributed by atoms with Crippen LogP contribution in [0.4, 0.5) is 5.82 Å². The summed E-state index contributed by atoms with van der Waals surface area (Å²) in [7, 11) is 0. The van der Waals surface area contributed by atoms with Crippen molar-refractivity contribution >= 4 is 28.3 Å². The Hall–Kier alpha value is -3.25. The zero-order valence-corrected chi connectivity index (χ0v) is 15.7. The summed E-state index contributed by atoms with van der Waals surface area (Å²) in [4.78, 5) is 30.0. The Labute approximate surface area is 164 Å². The van der Waals surface area contributed by atoms with Crippen LogP contribution in [0.15, 0.2) is 60.8 Å². The number of rotatable bonds is 9. The van der Waals surface area contributed by atoms with Gasteiger partial charge in [-0.1, -0.05) is 48.5 Å². The maximum absolute atomic E-state index is 12.8. The van der Waals surface area contributed by atoms with Crippen LogP contribution in [0.5, 0.6) is 0 Å². The first-order valence-corrected chi connectivity index (χ1v) is 9.20. The number of hydrogen-bond donors (Lipinski definition) is 2. The minimum atomic E-state index is -0.387. The van der Waals surface area contributed by atoms with Crippen LogP contribution in [0.25, 0.3) is 10.8 Å². The molecule has 6 heteroatoms. The Morgan fingerprint density at radius 3 is 2.54 bits per heavy atom. The zero-order chi connectivity index (χ0) is 19.9. The van der Waals surface area contributed by atoms with Gasteiger partial charge < -0.3 is 11.5 Å². The van der Waals surface area contributed by atoms with Gasteiger partial charge in [-0.15, -0.1) is 0 Å². The summed E-state index contributed by atoms with van der Waals surface area (Å²) < 4.78 is 0. The molecule has 0 saturated heterocycles. The van der Waals surface area contributed by atoms with Gasteiger partial charge in [0.15, 0.2) is 5.78 Å². The van der Waals surface area contributed by atoms with Crippen molar-refractivity contribution in [3.05, 3.63) is 71.9 Å². The SMILES string of the molecule is NC(=O)CCN(CC(=O)Cc1cccc2ccccc12)Cc1ccc(N)nc1. The number of nitrogens with two attached hydrogens (primary N) is 2. The molecule has 0 radical (unpaired) electrons. The largest absolute Gasteiger partial charge is 0.384 e. The van der Waals surface area contributed by atoms with Gasteiger partial charge in [0, 0.05) is 32.1 Å². The highest BCUT2D eigenvalue weighted by Crippen LogP contribution is 2.19. The van der Waals surface area contributed by atoms with Gasteiger partial charge in [-0.25, -0.2) is 4.98 Å². The number of aromatic nitrogens is 1. The number of pyridine rings is 1. The standard InChI is InChI=1S/C22H24N4O2/c23-21-9-8-16(13-25-21)14-26(11-10-22(24)28)15-19(27)12-18-6-3-5-17-4-1-2-7-20(17)18/h1-9,13H,10-12,14-15H2,(H2,23,25)(H2,24,28). The average Bonchev–Trinajstić information content (AvgIpc) is 2.68. The van der Waals surface area contributed by atoms with E-state index in [1.165, 1.54) is 0 Å². The van der Waals surface area contributed by atoms with E-state index in [-0.39, 0.29) is 24.7 Å². The van der Waals surface area contributed by atoms with Crippen LogP contribution in [0.3, 0.4) is 0 Å². The molecule has 0 fully saturated rings. The third-order valence-corrected chi connectivity index (χ3v) is 4.60. The van der Waals surface area contributed by atoms with E-state index in [1.807, 2.05) is 53.4 Å². The molecule has 0 aliphatic heterocycles. The van der Waals surface area contributed by atoms with E-state index in [2.05, 4.69) is 4.98 Å². The number of nitrogen functional groups attached to an aromatic ring is 1. The minimum Gasteiger partial charge on any atom is -0.384 e. The lowest BCUT2D eigenvalue weighted by Crippen LogP contribution is -2.33. The Morgan fingerprint density at radius 2 is 1.79 bits per heavy atom. The highest BCUT2D eigenvalue weighted by molar-refractivity contribution is 5.91. The molecule has 1 aromatic heterocycles. The van der Waals surface area contributed by atoms with Gasteiger partial charge in [0.2, 0.25) is 5.91 Å². The quantitative estimate of drug-likeness (QED) is 0.597. The second-order valence-corrected chi connectivity index (χ2v) is 6.87. The van der Waals surface area contributed by atoms with Crippen molar-refractivity contribution < 1.29 is 9.59 Å². The maximum atomic E-state index is 12.8. The third-order valence-electron chi connectivity index (χ3n) is 4.60. The van der Waals surface area contributed by atoms with Gasteiger partial charge in [0.1, 0.15) is 5.82 Å². The van der Waals surface area contributed by atoms with Crippen molar-refractivity contribution in [3.8, 4) is 0 Å².